The first kappa shape index (κ1) is 17.3. The van der Waals surface area contributed by atoms with Gasteiger partial charge in [-0.3, -0.25) is 4.79 Å². The van der Waals surface area contributed by atoms with E-state index in [0.717, 1.165) is 19.5 Å². The van der Waals surface area contributed by atoms with E-state index in [2.05, 4.69) is 10.2 Å². The number of nitrogen functional groups attached to an aromatic ring is 1. The number of carbonyl (C=O) groups excluding carboxylic acids is 1. The smallest absolute Gasteiger partial charge is 0.225 e. The summed E-state index contributed by atoms with van der Waals surface area (Å²) in [6.45, 7) is 4.53. The Hall–Kier alpha value is -1.79. The van der Waals surface area contributed by atoms with Crippen LogP contribution in [-0.2, 0) is 4.79 Å². The zero-order valence-corrected chi connectivity index (χ0v) is 12.8. The highest BCUT2D eigenvalue weighted by Gasteiger charge is 2.09. The van der Waals surface area contributed by atoms with Crippen molar-refractivity contribution in [3.8, 4) is 5.75 Å². The number of methoxy groups -OCH3 is 1. The number of nitrogens with two attached hydrogens (primary N) is 1. The second kappa shape index (κ2) is 9.20. The molecular formula is C15H25N3O3. The van der Waals surface area contributed by atoms with Gasteiger partial charge in [0.15, 0.2) is 0 Å². The van der Waals surface area contributed by atoms with Crippen LogP contribution in [0.15, 0.2) is 18.2 Å². The molecule has 0 saturated carbocycles. The van der Waals surface area contributed by atoms with E-state index >= 15 is 0 Å². The monoisotopic (exact) mass is 295 g/mol. The predicted molar refractivity (Wildman–Crippen MR) is 84.5 cm³/mol. The van der Waals surface area contributed by atoms with Crippen molar-refractivity contribution in [2.45, 2.75) is 19.8 Å². The fourth-order valence-electron chi connectivity index (χ4n) is 1.98. The van der Waals surface area contributed by atoms with Gasteiger partial charge in [0.2, 0.25) is 5.91 Å². The van der Waals surface area contributed by atoms with E-state index in [1.54, 1.807) is 25.3 Å². The highest BCUT2D eigenvalue weighted by Crippen LogP contribution is 2.24. The number of benzene rings is 1. The Morgan fingerprint density at radius 1 is 1.43 bits per heavy atom. The second-order valence-electron chi connectivity index (χ2n) is 4.76. The molecule has 0 unspecified atom stereocenters. The third kappa shape index (κ3) is 6.01. The zero-order chi connectivity index (χ0) is 15.7. The van der Waals surface area contributed by atoms with Gasteiger partial charge in [0.1, 0.15) is 5.75 Å². The van der Waals surface area contributed by atoms with E-state index < -0.39 is 0 Å². The van der Waals surface area contributed by atoms with Gasteiger partial charge in [-0.25, -0.2) is 0 Å². The predicted octanol–water partition coefficient (Wildman–Crippen LogP) is 1.31. The molecule has 0 radical (unpaired) electrons. The van der Waals surface area contributed by atoms with E-state index in [4.69, 9.17) is 15.6 Å². The summed E-state index contributed by atoms with van der Waals surface area (Å²) in [4.78, 5) is 14.1. The molecular weight excluding hydrogens is 270 g/mol. The topological polar surface area (TPSA) is 87.8 Å². The Balaban J connectivity index is 2.46. The highest BCUT2D eigenvalue weighted by molar-refractivity contribution is 5.94. The molecule has 21 heavy (non-hydrogen) atoms. The zero-order valence-electron chi connectivity index (χ0n) is 12.8. The van der Waals surface area contributed by atoms with Crippen molar-refractivity contribution < 1.29 is 14.6 Å². The molecule has 0 aliphatic heterocycles. The molecule has 0 aliphatic carbocycles. The quantitative estimate of drug-likeness (QED) is 0.598. The third-order valence-corrected chi connectivity index (χ3v) is 3.27. The summed E-state index contributed by atoms with van der Waals surface area (Å²) in [6.07, 6.45) is 1.12. The van der Waals surface area contributed by atoms with Gasteiger partial charge in [0.05, 0.1) is 18.5 Å². The first-order chi connectivity index (χ1) is 10.1. The van der Waals surface area contributed by atoms with Crippen molar-refractivity contribution in [3.63, 3.8) is 0 Å². The van der Waals surface area contributed by atoms with E-state index in [0.29, 0.717) is 30.1 Å². The molecule has 1 aromatic carbocycles. The van der Waals surface area contributed by atoms with Crippen LogP contribution >= 0.6 is 0 Å². The Bertz CT molecular complexity index is 452. The van der Waals surface area contributed by atoms with Gasteiger partial charge < -0.3 is 25.8 Å². The molecule has 0 aromatic heterocycles. The van der Waals surface area contributed by atoms with Crippen LogP contribution < -0.4 is 15.8 Å². The third-order valence-electron chi connectivity index (χ3n) is 3.27. The van der Waals surface area contributed by atoms with Gasteiger partial charge >= 0.3 is 0 Å². The van der Waals surface area contributed by atoms with Crippen LogP contribution in [0.2, 0.25) is 0 Å². The number of hydrogen-bond donors (Lipinski definition) is 3. The molecule has 0 saturated heterocycles. The van der Waals surface area contributed by atoms with E-state index in [9.17, 15) is 4.79 Å². The molecule has 6 heteroatoms. The standard InChI is InChI=1S/C15H25N3O3/c1-3-18(8-4-10-19)9-7-15(20)17-14-6-5-12(21-2)11-13(14)16/h5-6,11,19H,3-4,7-10,16H2,1-2H3,(H,17,20). The molecule has 1 amide bonds. The number of rotatable bonds is 9. The number of aliphatic hydroxyl groups excluding tert-OH is 1. The molecule has 0 bridgehead atoms. The molecule has 0 spiro atoms. The van der Waals surface area contributed by atoms with Crippen LogP contribution in [0, 0.1) is 0 Å². The van der Waals surface area contributed by atoms with Crippen LogP contribution in [0.5, 0.6) is 5.75 Å². The maximum Gasteiger partial charge on any atom is 0.225 e. The van der Waals surface area contributed by atoms with Gasteiger partial charge in [-0.1, -0.05) is 6.92 Å². The Morgan fingerprint density at radius 2 is 2.19 bits per heavy atom. The van der Waals surface area contributed by atoms with Crippen molar-refractivity contribution in [2.24, 2.45) is 0 Å². The minimum atomic E-state index is -0.0747. The summed E-state index contributed by atoms with van der Waals surface area (Å²) < 4.78 is 5.07. The van der Waals surface area contributed by atoms with E-state index in [1.165, 1.54) is 0 Å². The number of nitrogens with one attached hydrogen (secondary N) is 1. The lowest BCUT2D eigenvalue weighted by Gasteiger charge is -2.19. The van der Waals surface area contributed by atoms with Crippen LogP contribution in [0.25, 0.3) is 0 Å². The maximum atomic E-state index is 11.9. The summed E-state index contributed by atoms with van der Waals surface area (Å²) >= 11 is 0. The van der Waals surface area contributed by atoms with Crippen molar-refractivity contribution in [1.82, 2.24) is 4.90 Å². The molecule has 6 nitrogen and oxygen atoms in total. The lowest BCUT2D eigenvalue weighted by Crippen LogP contribution is -2.29. The van der Waals surface area contributed by atoms with Gasteiger partial charge in [-0.2, -0.15) is 0 Å². The first-order valence-corrected chi connectivity index (χ1v) is 7.17. The fraction of sp³-hybridized carbons (Fsp3) is 0.533. The lowest BCUT2D eigenvalue weighted by molar-refractivity contribution is -0.116. The van der Waals surface area contributed by atoms with Gasteiger partial charge in [-0.05, 0) is 25.1 Å². The molecule has 0 aliphatic rings. The first-order valence-electron chi connectivity index (χ1n) is 7.17. The summed E-state index contributed by atoms with van der Waals surface area (Å²) in [5.41, 5.74) is 6.94. The minimum absolute atomic E-state index is 0.0747. The number of anilines is 2. The van der Waals surface area contributed by atoms with Gasteiger partial charge in [0.25, 0.3) is 0 Å². The number of aliphatic hydroxyl groups is 1. The number of hydrogen-bond acceptors (Lipinski definition) is 5. The van der Waals surface area contributed by atoms with Crippen LogP contribution in [0.3, 0.4) is 0 Å². The molecule has 118 valence electrons. The largest absolute Gasteiger partial charge is 0.497 e. The van der Waals surface area contributed by atoms with Crippen molar-refractivity contribution in [1.29, 1.82) is 0 Å². The molecule has 0 atom stereocenters. The lowest BCUT2D eigenvalue weighted by atomic mass is 10.2. The molecule has 1 aromatic rings. The van der Waals surface area contributed by atoms with E-state index in [1.807, 2.05) is 6.92 Å². The number of ether oxygens (including phenoxy) is 1. The second-order valence-corrected chi connectivity index (χ2v) is 4.76. The Morgan fingerprint density at radius 3 is 2.76 bits per heavy atom. The van der Waals surface area contributed by atoms with Crippen LogP contribution in [0.4, 0.5) is 11.4 Å². The Kier molecular flexibility index (Phi) is 7.56. The molecule has 0 heterocycles. The summed E-state index contributed by atoms with van der Waals surface area (Å²) in [5, 5.41) is 11.6. The summed E-state index contributed by atoms with van der Waals surface area (Å²) in [6, 6.07) is 5.16. The average molecular weight is 295 g/mol. The van der Waals surface area contributed by atoms with Crippen molar-refractivity contribution in [2.75, 3.05) is 44.4 Å². The summed E-state index contributed by atoms with van der Waals surface area (Å²) in [5.74, 6) is 0.584. The number of nitrogens with zero attached hydrogens (tertiary/aromatic N) is 1. The molecule has 4 N–H and O–H groups in total. The molecule has 1 rings (SSSR count). The minimum Gasteiger partial charge on any atom is -0.497 e. The van der Waals surface area contributed by atoms with Crippen LogP contribution in [-0.4, -0.2) is 49.3 Å². The highest BCUT2D eigenvalue weighted by atomic mass is 16.5. The van der Waals surface area contributed by atoms with E-state index in [-0.39, 0.29) is 12.5 Å². The Labute approximate surface area is 125 Å². The van der Waals surface area contributed by atoms with Gasteiger partial charge in [0, 0.05) is 32.2 Å². The normalized spacial score (nSPS) is 10.7. The molecule has 0 fully saturated rings. The van der Waals surface area contributed by atoms with Crippen LogP contribution in [0.1, 0.15) is 19.8 Å². The number of carbonyl (C=O) groups is 1. The van der Waals surface area contributed by atoms with Crippen molar-refractivity contribution in [3.05, 3.63) is 18.2 Å². The summed E-state index contributed by atoms with van der Waals surface area (Å²) in [7, 11) is 1.57. The van der Waals surface area contributed by atoms with Gasteiger partial charge in [-0.15, -0.1) is 0 Å². The SMILES string of the molecule is CCN(CCCO)CCC(=O)Nc1ccc(OC)cc1N. The van der Waals surface area contributed by atoms with Crippen molar-refractivity contribution >= 4 is 17.3 Å². The average Bonchev–Trinajstić information content (AvgIpc) is 2.49. The number of amides is 1. The fourth-order valence-corrected chi connectivity index (χ4v) is 1.98. The maximum absolute atomic E-state index is 11.9.